The topological polar surface area (TPSA) is 34.1 Å². The fraction of sp³-hybridized carbons (Fsp3) is 0.528. The summed E-state index contributed by atoms with van der Waals surface area (Å²) in [6.45, 7) is 28.1. The first-order valence-corrected chi connectivity index (χ1v) is 26.4. The van der Waals surface area contributed by atoms with Crippen LogP contribution in [0.1, 0.15) is 185 Å². The highest BCUT2D eigenvalue weighted by molar-refractivity contribution is 8.49. The molecule has 0 heterocycles. The standard InChI is InChI=1S/C7H9P3.C6H14.2C6H12.2C6H10.C6H8.C5H10O.C5H8O/c1-9-10(8)7-5-3-2-4-6-7;6*1-3-5-6-4-2;2*1-2-3-4-5-6/h2-6H,1,8H2;3-6H2,1-2H3;3,5H,4,6H2,1-2H3;3H,1,4-6H2,2H3;3-4,6H,1,5H2,2H3;1H,4-6H2,2H3;1,4,6H,5H2,2H3;5H,2-4H2,1H3;2-3,5H,4H2,1H3/b;;5-3+;;6-4+;;6-4+;;3-2+. The third-order valence-corrected chi connectivity index (χ3v) is 11.5. The monoisotopic (exact) mass is 855 g/mol. The van der Waals surface area contributed by atoms with E-state index in [2.05, 4.69) is 131 Å². The molecular formula is C53H93O2P3. The second-order valence-electron chi connectivity index (χ2n) is 12.0. The summed E-state index contributed by atoms with van der Waals surface area (Å²) >= 11 is 0. The second kappa shape index (κ2) is 90.3. The Hall–Kier alpha value is -2.85. The van der Waals surface area contributed by atoms with Crippen LogP contribution < -0.4 is 5.30 Å². The van der Waals surface area contributed by atoms with Crippen molar-refractivity contribution in [3.05, 3.63) is 104 Å². The molecule has 0 N–H and O–H groups in total. The zero-order chi connectivity index (χ0) is 46.0. The summed E-state index contributed by atoms with van der Waals surface area (Å²) in [5.74, 6) is 5.05. The van der Waals surface area contributed by atoms with Gasteiger partial charge in [-0.25, -0.2) is 0 Å². The first-order chi connectivity index (χ1) is 28.2. The molecule has 0 aliphatic rings. The van der Waals surface area contributed by atoms with E-state index >= 15 is 0 Å². The summed E-state index contributed by atoms with van der Waals surface area (Å²) < 4.78 is 0. The summed E-state index contributed by atoms with van der Waals surface area (Å²) in [5, 5.41) is 1.40. The Morgan fingerprint density at radius 3 is 1.31 bits per heavy atom. The van der Waals surface area contributed by atoms with Gasteiger partial charge in [0.1, 0.15) is 12.6 Å². The SMILES string of the molecule is C#CC/C=C/C.C#CCCCC.C/C=C/CC=O.C/C=C/CCC.C=CC/C=C/C.C=CCCCC.C=PP(P)c1ccccc1.CCCCC=O.CCCCCC. The van der Waals surface area contributed by atoms with Crippen LogP contribution in [0.3, 0.4) is 0 Å². The van der Waals surface area contributed by atoms with Crippen molar-refractivity contribution in [1.82, 2.24) is 0 Å². The smallest absolute Gasteiger partial charge is 0.123 e. The Kier molecular flexibility index (Phi) is 113. The summed E-state index contributed by atoms with van der Waals surface area (Å²) in [6, 6.07) is 10.5. The van der Waals surface area contributed by atoms with Crippen molar-refractivity contribution < 1.29 is 9.59 Å². The Bertz CT molecular complexity index is 1040. The van der Waals surface area contributed by atoms with E-state index in [4.69, 9.17) is 12.8 Å². The molecule has 0 saturated carbocycles. The normalized spacial score (nSPS) is 9.60. The van der Waals surface area contributed by atoms with Gasteiger partial charge in [-0.05, 0) is 72.4 Å². The van der Waals surface area contributed by atoms with Crippen LogP contribution in [0.25, 0.3) is 0 Å². The minimum Gasteiger partial charge on any atom is -0.303 e. The third-order valence-electron chi connectivity index (χ3n) is 6.41. The molecule has 0 fully saturated rings. The van der Waals surface area contributed by atoms with E-state index in [1.807, 2.05) is 69.4 Å². The number of hydrogen-bond acceptors (Lipinski definition) is 2. The molecule has 0 saturated heterocycles. The first kappa shape index (κ1) is 72.7. The molecule has 0 radical (unpaired) electrons. The number of allylic oxidation sites excluding steroid dienone is 10. The van der Waals surface area contributed by atoms with Crippen molar-refractivity contribution in [3.8, 4) is 24.7 Å². The molecule has 0 spiro atoms. The molecular weight excluding hydrogens is 762 g/mol. The number of unbranched alkanes of at least 4 members (excludes halogenated alkanes) is 10. The van der Waals surface area contributed by atoms with Crippen molar-refractivity contribution in [3.63, 3.8) is 0 Å². The van der Waals surface area contributed by atoms with Crippen molar-refractivity contribution >= 4 is 48.3 Å². The lowest BCUT2D eigenvalue weighted by atomic mass is 10.2. The Balaban J connectivity index is -0.0000000815. The molecule has 5 heteroatoms. The molecule has 0 aliphatic carbocycles. The zero-order valence-corrected chi connectivity index (χ0v) is 42.6. The van der Waals surface area contributed by atoms with Crippen LogP contribution in [0.2, 0.25) is 0 Å². The molecule has 2 nitrogen and oxygen atoms in total. The first-order valence-electron chi connectivity index (χ1n) is 21.6. The molecule has 1 rings (SSSR count). The van der Waals surface area contributed by atoms with Gasteiger partial charge in [0.15, 0.2) is 0 Å². The maximum Gasteiger partial charge on any atom is 0.123 e. The van der Waals surface area contributed by atoms with Crippen molar-refractivity contribution in [2.45, 2.75) is 185 Å². The predicted octanol–water partition coefficient (Wildman–Crippen LogP) is 18.3. The molecule has 2 atom stereocenters. The van der Waals surface area contributed by atoms with Crippen LogP contribution in [0.15, 0.2) is 104 Å². The van der Waals surface area contributed by atoms with Gasteiger partial charge in [0.2, 0.25) is 0 Å². The number of terminal acetylenes is 2. The lowest BCUT2D eigenvalue weighted by molar-refractivity contribution is -0.108. The van der Waals surface area contributed by atoms with Crippen LogP contribution in [-0.4, -0.2) is 18.9 Å². The number of aldehydes is 2. The number of carbonyl (C=O) groups excluding carboxylic acids is 2. The van der Waals surface area contributed by atoms with E-state index in [0.717, 1.165) is 51.1 Å². The van der Waals surface area contributed by atoms with Gasteiger partial charge in [-0.15, -0.1) is 37.8 Å². The highest BCUT2D eigenvalue weighted by Crippen LogP contribution is 2.54. The number of benzene rings is 1. The maximum atomic E-state index is 9.56. The maximum absolute atomic E-state index is 9.56. The average molecular weight is 855 g/mol. The summed E-state index contributed by atoms with van der Waals surface area (Å²) in [7, 11) is 3.96. The number of carbonyl (C=O) groups is 2. The van der Waals surface area contributed by atoms with E-state index < -0.39 is 0 Å². The molecule has 332 valence electrons. The molecule has 1 aromatic carbocycles. The zero-order valence-electron chi connectivity index (χ0n) is 39.6. The Morgan fingerprint density at radius 1 is 0.603 bits per heavy atom. The second-order valence-corrected chi connectivity index (χ2v) is 18.5. The van der Waals surface area contributed by atoms with E-state index in [1.165, 1.54) is 83.8 Å². The van der Waals surface area contributed by atoms with Gasteiger partial charge in [0, 0.05) is 25.7 Å². The summed E-state index contributed by atoms with van der Waals surface area (Å²) in [5.41, 5.74) is 0. The fourth-order valence-electron chi connectivity index (χ4n) is 3.02. The highest BCUT2D eigenvalue weighted by atomic mass is 32.4. The van der Waals surface area contributed by atoms with Gasteiger partial charge >= 0.3 is 0 Å². The largest absolute Gasteiger partial charge is 0.303 e. The van der Waals surface area contributed by atoms with Crippen LogP contribution in [0.5, 0.6) is 0 Å². The van der Waals surface area contributed by atoms with E-state index in [-0.39, 0.29) is 7.30 Å². The van der Waals surface area contributed by atoms with E-state index in [0.29, 0.717) is 6.42 Å². The van der Waals surface area contributed by atoms with Crippen LogP contribution in [0, 0.1) is 24.7 Å². The van der Waals surface area contributed by atoms with Gasteiger partial charge in [0.05, 0.1) is 0 Å². The minimum atomic E-state index is -0.0957. The highest BCUT2D eigenvalue weighted by Gasteiger charge is 1.96. The van der Waals surface area contributed by atoms with Crippen molar-refractivity contribution in [2.24, 2.45) is 0 Å². The van der Waals surface area contributed by atoms with E-state index in [1.54, 1.807) is 0 Å². The Morgan fingerprint density at radius 2 is 1.09 bits per heavy atom. The number of hydrogen-bond donors (Lipinski definition) is 0. The van der Waals surface area contributed by atoms with Crippen LogP contribution >= 0.6 is 24.1 Å². The van der Waals surface area contributed by atoms with Crippen molar-refractivity contribution in [2.75, 3.05) is 0 Å². The lowest BCUT2D eigenvalue weighted by Crippen LogP contribution is -1.89. The van der Waals surface area contributed by atoms with Crippen LogP contribution in [0.4, 0.5) is 0 Å². The minimum absolute atomic E-state index is 0.0957. The predicted molar refractivity (Wildman–Crippen MR) is 283 cm³/mol. The molecule has 2 unspecified atom stereocenters. The fourth-order valence-corrected chi connectivity index (χ4v) is 5.07. The molecule has 0 amide bonds. The van der Waals surface area contributed by atoms with Crippen LogP contribution in [-0.2, 0) is 9.59 Å². The molecule has 58 heavy (non-hydrogen) atoms. The average Bonchev–Trinajstić information content (AvgIpc) is 3.27. The van der Waals surface area contributed by atoms with E-state index in [9.17, 15) is 9.59 Å². The van der Waals surface area contributed by atoms with Gasteiger partial charge in [-0.3, -0.25) is 0 Å². The van der Waals surface area contributed by atoms with Crippen molar-refractivity contribution in [1.29, 1.82) is 0 Å². The molecule has 0 aliphatic heterocycles. The summed E-state index contributed by atoms with van der Waals surface area (Å²) in [4.78, 5) is 19.1. The Labute approximate surface area is 370 Å². The lowest BCUT2D eigenvalue weighted by Gasteiger charge is -2.02. The molecule has 1 aromatic rings. The van der Waals surface area contributed by atoms with Gasteiger partial charge in [-0.1, -0.05) is 214 Å². The van der Waals surface area contributed by atoms with Gasteiger partial charge in [0.25, 0.3) is 0 Å². The molecule has 0 bridgehead atoms. The third kappa shape index (κ3) is 117. The van der Waals surface area contributed by atoms with Gasteiger partial charge < -0.3 is 9.59 Å². The quantitative estimate of drug-likeness (QED) is 0.0430. The molecule has 0 aromatic heterocycles. The number of rotatable bonds is 20. The van der Waals surface area contributed by atoms with Gasteiger partial charge in [-0.2, -0.15) is 0 Å². The summed E-state index contributed by atoms with van der Waals surface area (Å²) in [6.07, 6.45) is 55.6.